The molecule has 30 heavy (non-hydrogen) atoms. The second kappa shape index (κ2) is 10.0. The zero-order valence-corrected chi connectivity index (χ0v) is 16.7. The topological polar surface area (TPSA) is 79.5 Å². The Morgan fingerprint density at radius 2 is 1.43 bits per heavy atom. The quantitative estimate of drug-likeness (QED) is 0.356. The van der Waals surface area contributed by atoms with Gasteiger partial charge in [0.05, 0.1) is 7.11 Å². The highest BCUT2D eigenvalue weighted by Gasteiger charge is 2.30. The van der Waals surface area contributed by atoms with Gasteiger partial charge in [0.15, 0.2) is 22.5 Å². The van der Waals surface area contributed by atoms with Crippen molar-refractivity contribution < 1.29 is 31.9 Å². The summed E-state index contributed by atoms with van der Waals surface area (Å²) in [5.74, 6) is -10.5. The Labute approximate surface area is 174 Å². The van der Waals surface area contributed by atoms with Gasteiger partial charge in [0.2, 0.25) is 17.5 Å². The Hall–Kier alpha value is -3.21. The summed E-state index contributed by atoms with van der Waals surface area (Å²) in [6.07, 6.45) is 1.07. The molecule has 0 aromatic heterocycles. The fraction of sp³-hybridized carbons (Fsp3) is 0.211. The summed E-state index contributed by atoms with van der Waals surface area (Å²) in [7, 11) is 0.819. The molecular formula is C19H17F4N3O3S. The summed E-state index contributed by atoms with van der Waals surface area (Å²) in [6.45, 7) is 1.87. The largest absolute Gasteiger partial charge is 0.491 e. The average Bonchev–Trinajstić information content (AvgIpc) is 2.68. The van der Waals surface area contributed by atoms with Crippen molar-refractivity contribution in [1.82, 2.24) is 5.32 Å². The van der Waals surface area contributed by atoms with Crippen molar-refractivity contribution in [3.8, 4) is 5.75 Å². The third kappa shape index (κ3) is 5.23. The summed E-state index contributed by atoms with van der Waals surface area (Å²) in [6, 6.07) is 6.17. The minimum atomic E-state index is -1.92. The Kier molecular flexibility index (Phi) is 7.70. The molecule has 6 nitrogen and oxygen atoms in total. The third-order valence-electron chi connectivity index (χ3n) is 3.78. The number of anilines is 2. The Balaban J connectivity index is 2.09. The third-order valence-corrected chi connectivity index (χ3v) is 3.99. The van der Waals surface area contributed by atoms with E-state index in [1.54, 1.807) is 12.1 Å². The molecule has 0 aliphatic heterocycles. The second-order valence-electron chi connectivity index (χ2n) is 5.95. The molecule has 2 aromatic rings. The van der Waals surface area contributed by atoms with Crippen LogP contribution in [0.15, 0.2) is 24.3 Å². The normalized spacial score (nSPS) is 10.3. The van der Waals surface area contributed by atoms with E-state index in [9.17, 15) is 27.2 Å². The molecule has 0 spiro atoms. The number of amides is 2. The Morgan fingerprint density at radius 3 is 1.90 bits per heavy atom. The monoisotopic (exact) mass is 443 g/mol. The van der Waals surface area contributed by atoms with Gasteiger partial charge in [-0.15, -0.1) is 0 Å². The van der Waals surface area contributed by atoms with Crippen LogP contribution >= 0.6 is 12.2 Å². The van der Waals surface area contributed by atoms with Gasteiger partial charge in [0.1, 0.15) is 5.56 Å². The molecular weight excluding hydrogens is 426 g/mol. The van der Waals surface area contributed by atoms with Gasteiger partial charge in [-0.25, -0.2) is 8.78 Å². The molecule has 0 heterocycles. The van der Waals surface area contributed by atoms with Crippen LogP contribution in [0.4, 0.5) is 28.9 Å². The first-order valence-electron chi connectivity index (χ1n) is 8.61. The maximum absolute atomic E-state index is 14.0. The highest BCUT2D eigenvalue weighted by molar-refractivity contribution is 7.80. The van der Waals surface area contributed by atoms with E-state index in [0.717, 1.165) is 7.11 Å². The lowest BCUT2D eigenvalue weighted by atomic mass is 10.1. The van der Waals surface area contributed by atoms with Crippen LogP contribution < -0.4 is 20.7 Å². The van der Waals surface area contributed by atoms with E-state index in [0.29, 0.717) is 24.2 Å². The van der Waals surface area contributed by atoms with Crippen LogP contribution in [0, 0.1) is 23.3 Å². The summed E-state index contributed by atoms with van der Waals surface area (Å²) in [4.78, 5) is 23.6. The van der Waals surface area contributed by atoms with Crippen LogP contribution in [0.1, 0.15) is 30.1 Å². The molecule has 2 rings (SSSR count). The number of hydrogen-bond donors (Lipinski definition) is 3. The molecule has 2 aromatic carbocycles. The summed E-state index contributed by atoms with van der Waals surface area (Å²) in [5, 5.41) is 6.81. The SMILES string of the molecule is CCCC(=O)Nc1ccc(NC(=S)NC(=O)c2c(F)c(F)c(OC)c(F)c2F)cc1. The summed E-state index contributed by atoms with van der Waals surface area (Å²) in [5.41, 5.74) is -0.576. The van der Waals surface area contributed by atoms with Gasteiger partial charge >= 0.3 is 0 Å². The number of hydrogen-bond acceptors (Lipinski definition) is 4. The maximum Gasteiger partial charge on any atom is 0.263 e. The lowest BCUT2D eigenvalue weighted by Crippen LogP contribution is -2.35. The van der Waals surface area contributed by atoms with E-state index in [1.807, 2.05) is 12.2 Å². The van der Waals surface area contributed by atoms with Crippen LogP contribution in [-0.4, -0.2) is 24.0 Å². The molecule has 0 saturated heterocycles. The summed E-state index contributed by atoms with van der Waals surface area (Å²) >= 11 is 4.88. The maximum atomic E-state index is 14.0. The van der Waals surface area contributed by atoms with Gasteiger partial charge in [-0.1, -0.05) is 6.92 Å². The van der Waals surface area contributed by atoms with Gasteiger partial charge in [-0.2, -0.15) is 8.78 Å². The summed E-state index contributed by atoms with van der Waals surface area (Å²) < 4.78 is 59.8. The highest BCUT2D eigenvalue weighted by atomic mass is 32.1. The van der Waals surface area contributed by atoms with E-state index in [2.05, 4.69) is 15.4 Å². The number of halogens is 4. The molecule has 2 amide bonds. The number of carbonyl (C=O) groups is 2. The Bertz CT molecular complexity index is 955. The number of benzene rings is 2. The number of nitrogens with one attached hydrogen (secondary N) is 3. The predicted molar refractivity (Wildman–Crippen MR) is 106 cm³/mol. The lowest BCUT2D eigenvalue weighted by molar-refractivity contribution is -0.116. The van der Waals surface area contributed by atoms with Crippen LogP contribution in [0.3, 0.4) is 0 Å². The van der Waals surface area contributed by atoms with Crippen LogP contribution in [0.2, 0.25) is 0 Å². The van der Waals surface area contributed by atoms with Gasteiger partial charge in [0.25, 0.3) is 5.91 Å². The van der Waals surface area contributed by atoms with Crippen molar-refractivity contribution >= 4 is 40.5 Å². The molecule has 11 heteroatoms. The van der Waals surface area contributed by atoms with Crippen molar-refractivity contribution in [3.63, 3.8) is 0 Å². The van der Waals surface area contributed by atoms with Crippen molar-refractivity contribution in [2.75, 3.05) is 17.7 Å². The predicted octanol–water partition coefficient (Wildman–Crippen LogP) is 4.12. The molecule has 0 bridgehead atoms. The molecule has 0 aliphatic rings. The average molecular weight is 443 g/mol. The van der Waals surface area contributed by atoms with E-state index in [-0.39, 0.29) is 11.0 Å². The number of ether oxygens (including phenoxy) is 1. The van der Waals surface area contributed by atoms with Gasteiger partial charge in [-0.3, -0.25) is 14.9 Å². The number of rotatable bonds is 6. The molecule has 0 saturated carbocycles. The van der Waals surface area contributed by atoms with E-state index >= 15 is 0 Å². The molecule has 0 aliphatic carbocycles. The molecule has 160 valence electrons. The molecule has 0 atom stereocenters. The van der Waals surface area contributed by atoms with Crippen molar-refractivity contribution in [2.45, 2.75) is 19.8 Å². The molecule has 0 fully saturated rings. The smallest absolute Gasteiger partial charge is 0.263 e. The van der Waals surface area contributed by atoms with E-state index < -0.39 is 40.5 Å². The number of methoxy groups -OCH3 is 1. The Morgan fingerprint density at radius 1 is 0.933 bits per heavy atom. The minimum Gasteiger partial charge on any atom is -0.491 e. The number of thiocarbonyl (C=S) groups is 1. The fourth-order valence-electron chi connectivity index (χ4n) is 2.41. The van der Waals surface area contributed by atoms with Gasteiger partial charge < -0.3 is 15.4 Å². The number of carbonyl (C=O) groups excluding carboxylic acids is 2. The molecule has 3 N–H and O–H groups in total. The van der Waals surface area contributed by atoms with Crippen molar-refractivity contribution in [1.29, 1.82) is 0 Å². The fourth-order valence-corrected chi connectivity index (χ4v) is 2.62. The first-order chi connectivity index (χ1) is 14.2. The second-order valence-corrected chi connectivity index (χ2v) is 6.36. The van der Waals surface area contributed by atoms with Crippen LogP contribution in [0.5, 0.6) is 5.75 Å². The van der Waals surface area contributed by atoms with Crippen molar-refractivity contribution in [2.24, 2.45) is 0 Å². The first-order valence-corrected chi connectivity index (χ1v) is 9.02. The van der Waals surface area contributed by atoms with E-state index in [1.165, 1.54) is 12.1 Å². The van der Waals surface area contributed by atoms with Gasteiger partial charge in [-0.05, 0) is 42.9 Å². The van der Waals surface area contributed by atoms with Crippen LogP contribution in [0.25, 0.3) is 0 Å². The first kappa shape index (κ1) is 23.1. The minimum absolute atomic E-state index is 0.149. The van der Waals surface area contributed by atoms with Gasteiger partial charge in [0, 0.05) is 17.8 Å². The van der Waals surface area contributed by atoms with Crippen molar-refractivity contribution in [3.05, 3.63) is 53.1 Å². The van der Waals surface area contributed by atoms with Crippen LogP contribution in [-0.2, 0) is 4.79 Å². The lowest BCUT2D eigenvalue weighted by Gasteiger charge is -2.13. The van der Waals surface area contributed by atoms with E-state index in [4.69, 9.17) is 12.2 Å². The molecule has 0 radical (unpaired) electrons. The standard InChI is InChI=1S/C19H17F4N3O3S/c1-3-4-11(27)24-9-5-7-10(8-6-9)25-19(30)26-18(28)12-13(20)15(22)17(29-2)16(23)14(12)21/h5-8H,3-4H2,1-2H3,(H,24,27)(H2,25,26,28,30). The highest BCUT2D eigenvalue weighted by Crippen LogP contribution is 2.29. The zero-order valence-electron chi connectivity index (χ0n) is 15.9. The zero-order chi connectivity index (χ0) is 22.4. The molecule has 0 unspecified atom stereocenters.